The number of hydrogen-bond acceptors (Lipinski definition) is 8. The number of nitrogens with zero attached hydrogens (tertiary/aromatic N) is 5. The normalized spacial score (nSPS) is 17.4. The maximum Gasteiger partial charge on any atom is 0.240 e. The third kappa shape index (κ3) is 4.24. The molecule has 1 atom stereocenters. The third-order valence-electron chi connectivity index (χ3n) is 3.83. The van der Waals surface area contributed by atoms with Crippen molar-refractivity contribution in [3.63, 3.8) is 0 Å². The second-order valence-electron chi connectivity index (χ2n) is 5.57. The van der Waals surface area contributed by atoms with Crippen molar-refractivity contribution in [3.05, 3.63) is 29.4 Å². The maximum absolute atomic E-state index is 12.0. The fourth-order valence-electron chi connectivity index (χ4n) is 2.69. The van der Waals surface area contributed by atoms with Crippen LogP contribution in [0.25, 0.3) is 0 Å². The average Bonchev–Trinajstić information content (AvgIpc) is 3.25. The summed E-state index contributed by atoms with van der Waals surface area (Å²) in [4.78, 5) is 18.3. The molecule has 3 rings (SSSR count). The van der Waals surface area contributed by atoms with E-state index < -0.39 is 0 Å². The predicted octanol–water partition coefficient (Wildman–Crippen LogP) is 1.18. The quantitative estimate of drug-likeness (QED) is 0.811. The van der Waals surface area contributed by atoms with Crippen LogP contribution in [-0.2, 0) is 4.79 Å². The molecule has 1 amide bonds. The maximum atomic E-state index is 12.0. The lowest BCUT2D eigenvalue weighted by atomic mass is 10.1. The number of hydrogen-bond donors (Lipinski definition) is 2. The molecule has 0 aromatic carbocycles. The van der Waals surface area contributed by atoms with E-state index in [1.807, 2.05) is 0 Å². The Balaban J connectivity index is 1.44. The second kappa shape index (κ2) is 7.81. The van der Waals surface area contributed by atoms with Crippen LogP contribution in [-0.4, -0.2) is 52.2 Å². The van der Waals surface area contributed by atoms with Gasteiger partial charge >= 0.3 is 0 Å². The van der Waals surface area contributed by atoms with Gasteiger partial charge in [-0.1, -0.05) is 11.3 Å². The molecule has 2 aromatic rings. The van der Waals surface area contributed by atoms with Gasteiger partial charge in [0.05, 0.1) is 12.1 Å². The molecule has 0 unspecified atom stereocenters. The Morgan fingerprint density at radius 3 is 3.25 bits per heavy atom. The van der Waals surface area contributed by atoms with E-state index in [0.717, 1.165) is 26.1 Å². The molecule has 0 bridgehead atoms. The Labute approximate surface area is 143 Å². The molecule has 124 valence electrons. The molecule has 1 fully saturated rings. The lowest BCUT2D eigenvalue weighted by molar-refractivity contribution is -0.117. The molecule has 2 N–H and O–H groups in total. The number of aromatic nitrogens is 3. The Bertz CT molecular complexity index is 728. The topological polar surface area (TPSA) is 107 Å². The first kappa shape index (κ1) is 16.3. The first-order chi connectivity index (χ1) is 11.7. The largest absolute Gasteiger partial charge is 0.369 e. The SMILES string of the molecule is N#Cc1cccnc1NC[C@H]1CCN(CC(=O)Nc2nncs2)C1. The van der Waals surface area contributed by atoms with Crippen molar-refractivity contribution in [3.8, 4) is 6.07 Å². The highest BCUT2D eigenvalue weighted by Gasteiger charge is 2.24. The number of carbonyl (C=O) groups excluding carboxylic acids is 1. The lowest BCUT2D eigenvalue weighted by Crippen LogP contribution is -2.32. The van der Waals surface area contributed by atoms with Crippen molar-refractivity contribution in [2.75, 3.05) is 36.8 Å². The van der Waals surface area contributed by atoms with E-state index >= 15 is 0 Å². The Kier molecular flexibility index (Phi) is 5.30. The zero-order valence-electron chi connectivity index (χ0n) is 13.0. The summed E-state index contributed by atoms with van der Waals surface area (Å²) in [6, 6.07) is 5.62. The molecule has 9 heteroatoms. The molecule has 2 aromatic heterocycles. The summed E-state index contributed by atoms with van der Waals surface area (Å²) in [6.07, 6.45) is 2.68. The average molecular weight is 343 g/mol. The van der Waals surface area contributed by atoms with Crippen LogP contribution in [0.15, 0.2) is 23.8 Å². The Morgan fingerprint density at radius 2 is 2.46 bits per heavy atom. The monoisotopic (exact) mass is 343 g/mol. The van der Waals surface area contributed by atoms with Gasteiger partial charge in [-0.3, -0.25) is 15.0 Å². The van der Waals surface area contributed by atoms with Crippen LogP contribution < -0.4 is 10.6 Å². The Morgan fingerprint density at radius 1 is 1.54 bits per heavy atom. The number of pyridine rings is 1. The van der Waals surface area contributed by atoms with Crippen molar-refractivity contribution < 1.29 is 4.79 Å². The summed E-state index contributed by atoms with van der Waals surface area (Å²) in [5.41, 5.74) is 2.13. The van der Waals surface area contributed by atoms with Gasteiger partial charge in [-0.25, -0.2) is 4.98 Å². The molecule has 0 spiro atoms. The molecular weight excluding hydrogens is 326 g/mol. The van der Waals surface area contributed by atoms with Crippen LogP contribution in [0.3, 0.4) is 0 Å². The number of likely N-dealkylation sites (tertiary alicyclic amines) is 1. The van der Waals surface area contributed by atoms with Crippen LogP contribution in [0.5, 0.6) is 0 Å². The van der Waals surface area contributed by atoms with Gasteiger partial charge in [-0.05, 0) is 31.0 Å². The van der Waals surface area contributed by atoms with Crippen molar-refractivity contribution in [2.24, 2.45) is 5.92 Å². The van der Waals surface area contributed by atoms with Gasteiger partial charge in [-0.15, -0.1) is 10.2 Å². The van der Waals surface area contributed by atoms with Crippen LogP contribution >= 0.6 is 11.3 Å². The molecule has 0 radical (unpaired) electrons. The number of carbonyl (C=O) groups is 1. The van der Waals surface area contributed by atoms with Gasteiger partial charge < -0.3 is 5.32 Å². The molecule has 1 aliphatic heterocycles. The highest BCUT2D eigenvalue weighted by molar-refractivity contribution is 7.13. The molecule has 0 saturated carbocycles. The van der Waals surface area contributed by atoms with Gasteiger partial charge in [-0.2, -0.15) is 5.26 Å². The summed E-state index contributed by atoms with van der Waals surface area (Å²) in [7, 11) is 0. The highest BCUT2D eigenvalue weighted by Crippen LogP contribution is 2.18. The minimum absolute atomic E-state index is 0.0724. The summed E-state index contributed by atoms with van der Waals surface area (Å²) in [5, 5.41) is 23.1. The standard InChI is InChI=1S/C15H17N7OS/c16-6-12-2-1-4-17-14(12)18-7-11-3-5-22(8-11)9-13(23)20-15-21-19-10-24-15/h1-2,4,10-11H,3,5,7-9H2,(H,17,18)(H,20,21,23)/t11-/m1/s1. The van der Waals surface area contributed by atoms with E-state index in [2.05, 4.69) is 36.8 Å². The third-order valence-corrected chi connectivity index (χ3v) is 4.44. The molecule has 8 nitrogen and oxygen atoms in total. The zero-order valence-corrected chi connectivity index (χ0v) is 13.8. The van der Waals surface area contributed by atoms with E-state index in [1.54, 1.807) is 23.8 Å². The van der Waals surface area contributed by atoms with E-state index in [1.165, 1.54) is 11.3 Å². The number of anilines is 2. The van der Waals surface area contributed by atoms with Gasteiger partial charge in [0.1, 0.15) is 17.4 Å². The van der Waals surface area contributed by atoms with Gasteiger partial charge in [0.25, 0.3) is 0 Å². The van der Waals surface area contributed by atoms with Gasteiger partial charge in [0.15, 0.2) is 0 Å². The molecule has 1 aliphatic rings. The fraction of sp³-hybridized carbons (Fsp3) is 0.400. The molecule has 1 saturated heterocycles. The Hall–Kier alpha value is -2.57. The fourth-order valence-corrected chi connectivity index (χ4v) is 3.15. The van der Waals surface area contributed by atoms with Crippen molar-refractivity contribution >= 4 is 28.2 Å². The summed E-state index contributed by atoms with van der Waals surface area (Å²) >= 11 is 1.30. The lowest BCUT2D eigenvalue weighted by Gasteiger charge is -2.15. The predicted molar refractivity (Wildman–Crippen MR) is 90.5 cm³/mol. The van der Waals surface area contributed by atoms with Crippen LogP contribution in [0, 0.1) is 17.2 Å². The molecule has 0 aliphatic carbocycles. The summed E-state index contributed by atoms with van der Waals surface area (Å²) in [6.45, 7) is 2.80. The molecule has 24 heavy (non-hydrogen) atoms. The number of rotatable bonds is 6. The van der Waals surface area contributed by atoms with Crippen molar-refractivity contribution in [2.45, 2.75) is 6.42 Å². The van der Waals surface area contributed by atoms with Crippen LogP contribution in [0.2, 0.25) is 0 Å². The van der Waals surface area contributed by atoms with Crippen LogP contribution in [0.1, 0.15) is 12.0 Å². The van der Waals surface area contributed by atoms with Crippen molar-refractivity contribution in [1.82, 2.24) is 20.1 Å². The van der Waals surface area contributed by atoms with E-state index in [4.69, 9.17) is 5.26 Å². The minimum atomic E-state index is -0.0724. The van der Waals surface area contributed by atoms with E-state index in [0.29, 0.717) is 29.0 Å². The van der Waals surface area contributed by atoms with Gasteiger partial charge in [0.2, 0.25) is 11.0 Å². The van der Waals surface area contributed by atoms with Gasteiger partial charge in [0, 0.05) is 19.3 Å². The van der Waals surface area contributed by atoms with E-state index in [-0.39, 0.29) is 5.91 Å². The molecule has 3 heterocycles. The van der Waals surface area contributed by atoms with Crippen molar-refractivity contribution in [1.29, 1.82) is 5.26 Å². The minimum Gasteiger partial charge on any atom is -0.369 e. The number of nitrogens with one attached hydrogen (secondary N) is 2. The first-order valence-electron chi connectivity index (χ1n) is 7.62. The highest BCUT2D eigenvalue weighted by atomic mass is 32.1. The number of nitriles is 1. The second-order valence-corrected chi connectivity index (χ2v) is 6.41. The van der Waals surface area contributed by atoms with Crippen LogP contribution in [0.4, 0.5) is 10.9 Å². The summed E-state index contributed by atoms with van der Waals surface area (Å²) in [5.74, 6) is 0.970. The number of amides is 1. The smallest absolute Gasteiger partial charge is 0.240 e. The molecular formula is C15H17N7OS. The van der Waals surface area contributed by atoms with E-state index in [9.17, 15) is 4.79 Å². The summed E-state index contributed by atoms with van der Waals surface area (Å²) < 4.78 is 0. The zero-order chi connectivity index (χ0) is 16.8. The first-order valence-corrected chi connectivity index (χ1v) is 8.50.